The number of allylic oxidation sites excluding steroid dienone is 10. The van der Waals surface area contributed by atoms with Gasteiger partial charge < -0.3 is 0 Å². The first-order chi connectivity index (χ1) is 10.8. The summed E-state index contributed by atoms with van der Waals surface area (Å²) in [7, 11) is 0. The monoisotopic (exact) mass is 312 g/mol. The van der Waals surface area contributed by atoms with Gasteiger partial charge in [-0.3, -0.25) is 4.79 Å². The van der Waals surface area contributed by atoms with Crippen LogP contribution in [0.5, 0.6) is 0 Å². The number of hydrogen-bond acceptors (Lipinski definition) is 1. The summed E-state index contributed by atoms with van der Waals surface area (Å²) in [4.78, 5) is 10.6. The van der Waals surface area contributed by atoms with Gasteiger partial charge in [0.15, 0.2) is 0 Å². The molecular weight excluding hydrogens is 280 g/mol. The van der Waals surface area contributed by atoms with Crippen molar-refractivity contribution in [2.45, 2.75) is 60.8 Å². The Hall–Kier alpha value is -1.63. The predicted octanol–water partition coefficient (Wildman–Crippen LogP) is 6.35. The number of aldehydes is 1. The van der Waals surface area contributed by atoms with Crippen molar-refractivity contribution in [3.63, 3.8) is 0 Å². The van der Waals surface area contributed by atoms with Crippen LogP contribution in [0, 0.1) is 11.3 Å². The zero-order valence-corrected chi connectivity index (χ0v) is 15.6. The molecule has 1 aliphatic rings. The number of rotatable bonds is 6. The van der Waals surface area contributed by atoms with Crippen molar-refractivity contribution >= 4 is 6.29 Å². The molecule has 0 fully saturated rings. The maximum absolute atomic E-state index is 10.6. The van der Waals surface area contributed by atoms with Crippen LogP contribution in [0.4, 0.5) is 0 Å². The molecule has 0 aromatic rings. The Morgan fingerprint density at radius 2 is 1.87 bits per heavy atom. The molecule has 0 saturated carbocycles. The molecule has 0 saturated heterocycles. The molecule has 0 atom stereocenters. The Balaban J connectivity index is 2.84. The summed E-state index contributed by atoms with van der Waals surface area (Å²) >= 11 is 0. The zero-order chi connectivity index (χ0) is 17.5. The Morgan fingerprint density at radius 3 is 2.43 bits per heavy atom. The van der Waals surface area contributed by atoms with Gasteiger partial charge in [-0.1, -0.05) is 69.2 Å². The predicted molar refractivity (Wildman–Crippen MR) is 101 cm³/mol. The Labute approximate surface area is 142 Å². The standard InChI is InChI=1S/C22H32O/c1-17(2)20(14-16-23)11-7-9-18(3)12-13-21-19(4)10-8-15-22(21,5)6/h7,9,11-14,16-17H,8,10,15H2,1-6H3/b11-7+,13-12+,18-9-,20-14-. The average molecular weight is 312 g/mol. The highest BCUT2D eigenvalue weighted by atomic mass is 16.1. The summed E-state index contributed by atoms with van der Waals surface area (Å²) in [6.45, 7) is 13.2. The molecule has 1 aliphatic carbocycles. The molecule has 0 amide bonds. The Kier molecular flexibility index (Phi) is 7.48. The van der Waals surface area contributed by atoms with E-state index in [0.717, 1.165) is 11.9 Å². The largest absolute Gasteiger partial charge is 0.299 e. The Morgan fingerprint density at radius 1 is 1.17 bits per heavy atom. The molecule has 0 aromatic heterocycles. The van der Waals surface area contributed by atoms with E-state index in [4.69, 9.17) is 0 Å². The average Bonchev–Trinajstić information content (AvgIpc) is 2.45. The molecular formula is C22H32O. The van der Waals surface area contributed by atoms with E-state index in [1.54, 1.807) is 6.08 Å². The van der Waals surface area contributed by atoms with E-state index in [1.165, 1.54) is 36.0 Å². The van der Waals surface area contributed by atoms with Gasteiger partial charge in [0, 0.05) is 0 Å². The molecule has 0 bridgehead atoms. The fourth-order valence-electron chi connectivity index (χ4n) is 3.11. The molecule has 0 unspecified atom stereocenters. The van der Waals surface area contributed by atoms with Crippen molar-refractivity contribution in [1.29, 1.82) is 0 Å². The highest BCUT2D eigenvalue weighted by Gasteiger charge is 2.26. The maximum Gasteiger partial charge on any atom is 0.143 e. The quantitative estimate of drug-likeness (QED) is 0.317. The molecule has 0 spiro atoms. The minimum absolute atomic E-state index is 0.284. The zero-order valence-electron chi connectivity index (χ0n) is 15.6. The van der Waals surface area contributed by atoms with Crippen molar-refractivity contribution in [3.8, 4) is 0 Å². The van der Waals surface area contributed by atoms with Crippen LogP contribution in [-0.4, -0.2) is 6.29 Å². The lowest BCUT2D eigenvalue weighted by molar-refractivity contribution is -0.104. The van der Waals surface area contributed by atoms with Crippen LogP contribution in [0.25, 0.3) is 0 Å². The van der Waals surface area contributed by atoms with Gasteiger partial charge in [-0.25, -0.2) is 0 Å². The second kappa shape index (κ2) is 8.86. The fraction of sp³-hybridized carbons (Fsp3) is 0.500. The van der Waals surface area contributed by atoms with Crippen molar-refractivity contribution in [3.05, 3.63) is 58.7 Å². The molecule has 23 heavy (non-hydrogen) atoms. The van der Waals surface area contributed by atoms with E-state index in [2.05, 4.69) is 59.8 Å². The first kappa shape index (κ1) is 19.4. The van der Waals surface area contributed by atoms with Crippen LogP contribution < -0.4 is 0 Å². The van der Waals surface area contributed by atoms with Crippen LogP contribution in [0.3, 0.4) is 0 Å². The molecule has 1 nitrogen and oxygen atoms in total. The Bertz CT molecular complexity index is 563. The van der Waals surface area contributed by atoms with Gasteiger partial charge >= 0.3 is 0 Å². The molecule has 0 radical (unpaired) electrons. The van der Waals surface area contributed by atoms with E-state index in [1.807, 2.05) is 12.2 Å². The molecule has 0 aliphatic heterocycles. The maximum atomic E-state index is 10.6. The van der Waals surface area contributed by atoms with Crippen molar-refractivity contribution in [1.82, 2.24) is 0 Å². The van der Waals surface area contributed by atoms with Crippen molar-refractivity contribution in [2.24, 2.45) is 11.3 Å². The summed E-state index contributed by atoms with van der Waals surface area (Å²) in [5.74, 6) is 0.358. The minimum Gasteiger partial charge on any atom is -0.299 e. The number of carbonyl (C=O) groups is 1. The lowest BCUT2D eigenvalue weighted by Crippen LogP contribution is -2.19. The van der Waals surface area contributed by atoms with E-state index in [-0.39, 0.29) is 5.41 Å². The first-order valence-electron chi connectivity index (χ1n) is 8.66. The number of carbonyl (C=O) groups excluding carboxylic acids is 1. The first-order valence-corrected chi connectivity index (χ1v) is 8.66. The summed E-state index contributed by atoms with van der Waals surface area (Å²) in [5, 5.41) is 0. The van der Waals surface area contributed by atoms with Gasteiger partial charge in [0.1, 0.15) is 6.29 Å². The number of hydrogen-bond donors (Lipinski definition) is 0. The summed E-state index contributed by atoms with van der Waals surface area (Å²) < 4.78 is 0. The smallest absolute Gasteiger partial charge is 0.143 e. The third-order valence-electron chi connectivity index (χ3n) is 4.63. The van der Waals surface area contributed by atoms with Crippen LogP contribution in [0.1, 0.15) is 60.8 Å². The van der Waals surface area contributed by atoms with Crippen LogP contribution in [-0.2, 0) is 4.79 Å². The van der Waals surface area contributed by atoms with Gasteiger partial charge in [0.25, 0.3) is 0 Å². The van der Waals surface area contributed by atoms with E-state index >= 15 is 0 Å². The summed E-state index contributed by atoms with van der Waals surface area (Å²) in [6.07, 6.45) is 16.9. The molecule has 1 rings (SSSR count). The fourth-order valence-corrected chi connectivity index (χ4v) is 3.11. The van der Waals surface area contributed by atoms with Crippen LogP contribution in [0.15, 0.2) is 58.7 Å². The second-order valence-electron chi connectivity index (χ2n) is 7.49. The van der Waals surface area contributed by atoms with E-state index < -0.39 is 0 Å². The topological polar surface area (TPSA) is 17.1 Å². The molecule has 0 aromatic carbocycles. The highest BCUT2D eigenvalue weighted by molar-refractivity contribution is 5.67. The molecule has 1 heteroatoms. The lowest BCUT2D eigenvalue weighted by Gasteiger charge is -2.32. The normalized spacial score (nSPS) is 20.1. The van der Waals surface area contributed by atoms with Gasteiger partial charge in [-0.2, -0.15) is 0 Å². The lowest BCUT2D eigenvalue weighted by atomic mass is 9.72. The molecule has 0 N–H and O–H groups in total. The van der Waals surface area contributed by atoms with E-state index in [0.29, 0.717) is 5.92 Å². The second-order valence-corrected chi connectivity index (χ2v) is 7.49. The summed E-state index contributed by atoms with van der Waals surface area (Å²) in [6, 6.07) is 0. The van der Waals surface area contributed by atoms with Gasteiger partial charge in [-0.05, 0) is 61.7 Å². The van der Waals surface area contributed by atoms with Crippen molar-refractivity contribution in [2.75, 3.05) is 0 Å². The van der Waals surface area contributed by atoms with Crippen molar-refractivity contribution < 1.29 is 4.79 Å². The highest BCUT2D eigenvalue weighted by Crippen LogP contribution is 2.40. The molecule has 0 heterocycles. The van der Waals surface area contributed by atoms with Crippen LogP contribution in [0.2, 0.25) is 0 Å². The van der Waals surface area contributed by atoms with Crippen LogP contribution >= 0.6 is 0 Å². The third-order valence-corrected chi connectivity index (χ3v) is 4.63. The minimum atomic E-state index is 0.284. The van der Waals surface area contributed by atoms with Gasteiger partial charge in [0.2, 0.25) is 0 Å². The SMILES string of the molecule is CC1=C(/C=C/C(C)=C\C=C\C(=C\C=O)C(C)C)C(C)(C)CCC1. The summed E-state index contributed by atoms with van der Waals surface area (Å²) in [5.41, 5.74) is 5.57. The van der Waals surface area contributed by atoms with E-state index in [9.17, 15) is 4.79 Å². The van der Waals surface area contributed by atoms with Gasteiger partial charge in [0.05, 0.1) is 0 Å². The third kappa shape index (κ3) is 6.17. The van der Waals surface area contributed by atoms with Gasteiger partial charge in [-0.15, -0.1) is 0 Å². The molecule has 126 valence electrons.